The normalized spacial score (nSPS) is 22.9. The minimum absolute atomic E-state index is 0.0120. The Bertz CT molecular complexity index is 694. The predicted molar refractivity (Wildman–Crippen MR) is 89.7 cm³/mol. The standard InChI is InChI=1S/C17H24N4O3/c1-12(2)20(4)15(22)13-10-17(24-18-13)7-9-21(11-17)16(23)14-6-5-8-19(14)3/h5-6,8,12H,7,9-11H2,1-4H3/t17-/m0/s1. The quantitative estimate of drug-likeness (QED) is 0.837. The molecule has 2 amide bonds. The van der Waals surface area contributed by atoms with Crippen LogP contribution in [0, 0.1) is 0 Å². The summed E-state index contributed by atoms with van der Waals surface area (Å²) in [6.45, 7) is 4.99. The molecule has 1 fully saturated rings. The van der Waals surface area contributed by atoms with Crippen molar-refractivity contribution in [2.24, 2.45) is 12.2 Å². The molecule has 0 bridgehead atoms. The fourth-order valence-corrected chi connectivity index (χ4v) is 3.16. The average Bonchev–Trinajstić information content (AvgIpc) is 3.26. The molecular weight excluding hydrogens is 308 g/mol. The van der Waals surface area contributed by atoms with Gasteiger partial charge in [-0.2, -0.15) is 0 Å². The highest BCUT2D eigenvalue weighted by Gasteiger charge is 2.48. The maximum Gasteiger partial charge on any atom is 0.271 e. The Morgan fingerprint density at radius 3 is 2.79 bits per heavy atom. The van der Waals surface area contributed by atoms with Crippen LogP contribution >= 0.6 is 0 Å². The first-order valence-electron chi connectivity index (χ1n) is 8.26. The summed E-state index contributed by atoms with van der Waals surface area (Å²) in [6, 6.07) is 3.77. The highest BCUT2D eigenvalue weighted by molar-refractivity contribution is 6.39. The van der Waals surface area contributed by atoms with Crippen LogP contribution in [-0.2, 0) is 16.7 Å². The number of nitrogens with zero attached hydrogens (tertiary/aromatic N) is 4. The van der Waals surface area contributed by atoms with Gasteiger partial charge in [-0.3, -0.25) is 9.59 Å². The third-order valence-corrected chi connectivity index (χ3v) is 4.95. The fourth-order valence-electron chi connectivity index (χ4n) is 3.16. The summed E-state index contributed by atoms with van der Waals surface area (Å²) in [4.78, 5) is 34.1. The summed E-state index contributed by atoms with van der Waals surface area (Å²) in [6.07, 6.45) is 3.00. The second-order valence-corrected chi connectivity index (χ2v) is 6.98. The van der Waals surface area contributed by atoms with Gasteiger partial charge in [0.2, 0.25) is 0 Å². The van der Waals surface area contributed by atoms with Crippen molar-refractivity contribution in [3.63, 3.8) is 0 Å². The minimum Gasteiger partial charge on any atom is -0.386 e. The number of likely N-dealkylation sites (tertiary alicyclic amines) is 1. The molecule has 1 spiro atoms. The highest BCUT2D eigenvalue weighted by Crippen LogP contribution is 2.34. The molecule has 0 unspecified atom stereocenters. The topological polar surface area (TPSA) is 67.1 Å². The molecule has 130 valence electrons. The molecule has 1 atom stereocenters. The molecule has 0 saturated carbocycles. The summed E-state index contributed by atoms with van der Waals surface area (Å²) >= 11 is 0. The van der Waals surface area contributed by atoms with Crippen molar-refractivity contribution in [1.82, 2.24) is 14.4 Å². The Morgan fingerprint density at radius 2 is 2.17 bits per heavy atom. The van der Waals surface area contributed by atoms with E-state index in [2.05, 4.69) is 5.16 Å². The Kier molecular flexibility index (Phi) is 4.11. The summed E-state index contributed by atoms with van der Waals surface area (Å²) in [5.74, 6) is -0.115. The van der Waals surface area contributed by atoms with E-state index in [1.807, 2.05) is 43.8 Å². The van der Waals surface area contributed by atoms with E-state index >= 15 is 0 Å². The Morgan fingerprint density at radius 1 is 1.42 bits per heavy atom. The second-order valence-electron chi connectivity index (χ2n) is 6.98. The molecule has 2 aliphatic rings. The second kappa shape index (κ2) is 5.96. The SMILES string of the molecule is CC(C)N(C)C(=O)C1=NO[C@@]2(CCN(C(=O)c3cccn3C)C2)C1. The maximum absolute atomic E-state index is 12.6. The van der Waals surface area contributed by atoms with Crippen LogP contribution in [0.5, 0.6) is 0 Å². The van der Waals surface area contributed by atoms with Crippen LogP contribution in [0.15, 0.2) is 23.5 Å². The number of amides is 2. The highest BCUT2D eigenvalue weighted by atomic mass is 16.7. The zero-order valence-corrected chi connectivity index (χ0v) is 14.7. The predicted octanol–water partition coefficient (Wildman–Crippen LogP) is 1.25. The smallest absolute Gasteiger partial charge is 0.271 e. The lowest BCUT2D eigenvalue weighted by molar-refractivity contribution is -0.124. The summed E-state index contributed by atoms with van der Waals surface area (Å²) in [7, 11) is 3.62. The monoisotopic (exact) mass is 332 g/mol. The molecule has 3 rings (SSSR count). The number of carbonyl (C=O) groups is 2. The zero-order chi connectivity index (χ0) is 17.5. The molecule has 2 aliphatic heterocycles. The number of aryl methyl sites for hydroxylation is 1. The summed E-state index contributed by atoms with van der Waals surface area (Å²) < 4.78 is 1.81. The van der Waals surface area contributed by atoms with Crippen LogP contribution in [0.1, 0.15) is 37.2 Å². The molecule has 0 aliphatic carbocycles. The van der Waals surface area contributed by atoms with Gasteiger partial charge < -0.3 is 19.2 Å². The van der Waals surface area contributed by atoms with Gasteiger partial charge in [0.1, 0.15) is 11.4 Å². The van der Waals surface area contributed by atoms with Crippen molar-refractivity contribution in [2.45, 2.75) is 38.3 Å². The van der Waals surface area contributed by atoms with E-state index in [1.54, 1.807) is 16.8 Å². The van der Waals surface area contributed by atoms with Gasteiger partial charge in [0.25, 0.3) is 11.8 Å². The third-order valence-electron chi connectivity index (χ3n) is 4.95. The van der Waals surface area contributed by atoms with Crippen LogP contribution in [0.2, 0.25) is 0 Å². The molecular formula is C17H24N4O3. The van der Waals surface area contributed by atoms with E-state index in [4.69, 9.17) is 4.84 Å². The Labute approximate surface area is 141 Å². The molecule has 1 aromatic rings. The molecule has 7 heteroatoms. The first-order chi connectivity index (χ1) is 11.3. The molecule has 1 saturated heterocycles. The summed E-state index contributed by atoms with van der Waals surface area (Å²) in [5.41, 5.74) is 0.546. The van der Waals surface area contributed by atoms with Gasteiger partial charge in [-0.05, 0) is 26.0 Å². The largest absolute Gasteiger partial charge is 0.386 e. The van der Waals surface area contributed by atoms with Gasteiger partial charge in [-0.15, -0.1) is 0 Å². The molecule has 3 heterocycles. The number of hydrogen-bond acceptors (Lipinski definition) is 4. The van der Waals surface area contributed by atoms with Gasteiger partial charge in [-0.1, -0.05) is 5.16 Å². The molecule has 0 N–H and O–H groups in total. The first-order valence-corrected chi connectivity index (χ1v) is 8.26. The lowest BCUT2D eigenvalue weighted by Gasteiger charge is -2.23. The van der Waals surface area contributed by atoms with E-state index in [1.165, 1.54) is 0 Å². The lowest BCUT2D eigenvalue weighted by Crippen LogP contribution is -2.41. The number of hydrogen-bond donors (Lipinski definition) is 0. The maximum atomic E-state index is 12.6. The van der Waals surface area contributed by atoms with E-state index in [0.717, 1.165) is 0 Å². The van der Waals surface area contributed by atoms with E-state index < -0.39 is 5.60 Å². The van der Waals surface area contributed by atoms with Crippen molar-refractivity contribution in [1.29, 1.82) is 0 Å². The van der Waals surface area contributed by atoms with E-state index in [-0.39, 0.29) is 17.9 Å². The van der Waals surface area contributed by atoms with Crippen molar-refractivity contribution >= 4 is 17.5 Å². The molecule has 0 radical (unpaired) electrons. The van der Waals surface area contributed by atoms with Gasteiger partial charge in [0.15, 0.2) is 5.60 Å². The van der Waals surface area contributed by atoms with Gasteiger partial charge in [-0.25, -0.2) is 0 Å². The van der Waals surface area contributed by atoms with Crippen LogP contribution in [0.4, 0.5) is 0 Å². The first kappa shape index (κ1) is 16.5. The van der Waals surface area contributed by atoms with E-state index in [0.29, 0.717) is 37.3 Å². The van der Waals surface area contributed by atoms with Gasteiger partial charge in [0.05, 0.1) is 6.54 Å². The van der Waals surface area contributed by atoms with Crippen LogP contribution in [-0.4, -0.2) is 63.7 Å². The third kappa shape index (κ3) is 2.79. The fraction of sp³-hybridized carbons (Fsp3) is 0.588. The van der Waals surface area contributed by atoms with Crippen molar-refractivity contribution < 1.29 is 14.4 Å². The zero-order valence-electron chi connectivity index (χ0n) is 14.7. The van der Waals surface area contributed by atoms with Gasteiger partial charge in [0, 0.05) is 45.7 Å². The van der Waals surface area contributed by atoms with E-state index in [9.17, 15) is 9.59 Å². The van der Waals surface area contributed by atoms with Gasteiger partial charge >= 0.3 is 0 Å². The van der Waals surface area contributed by atoms with Crippen molar-refractivity contribution in [3.05, 3.63) is 24.0 Å². The average molecular weight is 332 g/mol. The van der Waals surface area contributed by atoms with Crippen LogP contribution in [0.25, 0.3) is 0 Å². The molecule has 24 heavy (non-hydrogen) atoms. The molecule has 1 aromatic heterocycles. The van der Waals surface area contributed by atoms with Crippen molar-refractivity contribution in [3.8, 4) is 0 Å². The molecule has 0 aromatic carbocycles. The number of rotatable bonds is 3. The Balaban J connectivity index is 1.65. The number of aromatic nitrogens is 1. The number of carbonyl (C=O) groups excluding carboxylic acids is 2. The number of oxime groups is 1. The summed E-state index contributed by atoms with van der Waals surface area (Å²) in [5, 5.41) is 4.03. The minimum atomic E-state index is -0.552. The van der Waals surface area contributed by atoms with Crippen molar-refractivity contribution in [2.75, 3.05) is 20.1 Å². The molecule has 7 nitrogen and oxygen atoms in total. The Hall–Kier alpha value is -2.31. The lowest BCUT2D eigenvalue weighted by atomic mass is 9.96. The van der Waals surface area contributed by atoms with Crippen LogP contribution in [0.3, 0.4) is 0 Å². The van der Waals surface area contributed by atoms with Crippen LogP contribution < -0.4 is 0 Å².